The van der Waals surface area contributed by atoms with Gasteiger partial charge in [0.15, 0.2) is 11.2 Å². The number of non-ortho nitro benzene ring substituents is 1. The molecular formula is C20H11N5O5. The number of nitrogens with one attached hydrogen (secondary N) is 1. The van der Waals surface area contributed by atoms with Crippen molar-refractivity contribution in [3.05, 3.63) is 81.7 Å². The predicted octanol–water partition coefficient (Wildman–Crippen LogP) is 4.79. The van der Waals surface area contributed by atoms with Crippen LogP contribution in [-0.2, 0) is 0 Å². The first-order valence-electron chi connectivity index (χ1n) is 8.50. The van der Waals surface area contributed by atoms with Crippen molar-refractivity contribution in [2.75, 3.05) is 5.32 Å². The van der Waals surface area contributed by atoms with Gasteiger partial charge >= 0.3 is 11.7 Å². The van der Waals surface area contributed by atoms with E-state index in [1.54, 1.807) is 30.3 Å². The summed E-state index contributed by atoms with van der Waals surface area (Å²) >= 11 is 0. The van der Waals surface area contributed by atoms with Crippen LogP contribution in [0.15, 0.2) is 59.2 Å². The molecule has 146 valence electrons. The second-order valence-corrected chi connectivity index (χ2v) is 6.20. The average Bonchev–Trinajstić information content (AvgIpc) is 3.24. The number of hydrogen-bond acceptors (Lipinski definition) is 7. The molecule has 0 amide bonds. The van der Waals surface area contributed by atoms with Gasteiger partial charge in [-0.1, -0.05) is 24.3 Å². The lowest BCUT2D eigenvalue weighted by molar-refractivity contribution is -0.383. The van der Waals surface area contributed by atoms with E-state index in [9.17, 15) is 20.0 Å². The lowest BCUT2D eigenvalue weighted by Gasteiger charge is -2.14. The Labute approximate surface area is 168 Å². The number of aromatic carboxylic acids is 1. The summed E-state index contributed by atoms with van der Waals surface area (Å²) in [4.78, 5) is 25.4. The Kier molecular flexibility index (Phi) is 4.54. The van der Waals surface area contributed by atoms with Crippen LogP contribution in [0.3, 0.4) is 0 Å². The summed E-state index contributed by atoms with van der Waals surface area (Å²) in [5.41, 5.74) is 2.64. The Morgan fingerprint density at radius 1 is 1.07 bits per heavy atom. The van der Waals surface area contributed by atoms with E-state index in [0.717, 1.165) is 0 Å². The summed E-state index contributed by atoms with van der Waals surface area (Å²) in [6.07, 6.45) is 0. The van der Waals surface area contributed by atoms with Gasteiger partial charge in [0.05, 0.1) is 22.7 Å². The van der Waals surface area contributed by atoms with Crippen LogP contribution in [0.5, 0.6) is 0 Å². The van der Waals surface area contributed by atoms with E-state index in [0.29, 0.717) is 28.2 Å². The molecule has 0 aliphatic rings. The Balaban J connectivity index is 1.83. The Bertz CT molecular complexity index is 1340. The SMILES string of the molecule is [C-]#[N+]c1ccc(-c2cc(C(=O)O)ccc2Nc2ccc([N+](=O)[O-])c3nonc23)cc1. The smallest absolute Gasteiger partial charge is 0.335 e. The fourth-order valence-electron chi connectivity index (χ4n) is 2.99. The number of nitro groups is 1. The number of aromatic nitrogens is 2. The van der Waals surface area contributed by atoms with Crippen molar-refractivity contribution in [2.45, 2.75) is 0 Å². The molecule has 0 aliphatic carbocycles. The molecule has 0 saturated carbocycles. The highest BCUT2D eigenvalue weighted by atomic mass is 16.6. The van der Waals surface area contributed by atoms with Crippen LogP contribution in [0.25, 0.3) is 27.0 Å². The van der Waals surface area contributed by atoms with Gasteiger partial charge in [-0.3, -0.25) is 10.1 Å². The first-order valence-corrected chi connectivity index (χ1v) is 8.50. The van der Waals surface area contributed by atoms with Crippen LogP contribution in [0.1, 0.15) is 10.4 Å². The number of carboxylic acids is 1. The number of carbonyl (C=O) groups is 1. The minimum atomic E-state index is -1.08. The van der Waals surface area contributed by atoms with Gasteiger partial charge in [-0.05, 0) is 40.1 Å². The Morgan fingerprint density at radius 2 is 1.77 bits per heavy atom. The summed E-state index contributed by atoms with van der Waals surface area (Å²) in [7, 11) is 0. The number of anilines is 2. The molecule has 0 fully saturated rings. The van der Waals surface area contributed by atoms with E-state index >= 15 is 0 Å². The second-order valence-electron chi connectivity index (χ2n) is 6.20. The molecule has 1 heterocycles. The zero-order chi connectivity index (χ0) is 21.3. The number of hydrogen-bond donors (Lipinski definition) is 2. The molecule has 10 heteroatoms. The molecule has 0 bridgehead atoms. The number of rotatable bonds is 5. The van der Waals surface area contributed by atoms with Crippen LogP contribution < -0.4 is 5.32 Å². The molecule has 2 N–H and O–H groups in total. The number of nitrogens with zero attached hydrogens (tertiary/aromatic N) is 4. The fourth-order valence-corrected chi connectivity index (χ4v) is 2.99. The molecule has 30 heavy (non-hydrogen) atoms. The van der Waals surface area contributed by atoms with Gasteiger partial charge in [-0.25, -0.2) is 14.3 Å². The van der Waals surface area contributed by atoms with Crippen molar-refractivity contribution in [3.8, 4) is 11.1 Å². The molecular weight excluding hydrogens is 390 g/mol. The Morgan fingerprint density at radius 3 is 2.43 bits per heavy atom. The third-order valence-electron chi connectivity index (χ3n) is 4.43. The molecule has 0 aliphatic heterocycles. The maximum atomic E-state index is 11.4. The van der Waals surface area contributed by atoms with Gasteiger partial charge in [0, 0.05) is 17.3 Å². The molecule has 10 nitrogen and oxygen atoms in total. The Hall–Kier alpha value is -4.78. The first kappa shape index (κ1) is 18.6. The van der Waals surface area contributed by atoms with Crippen LogP contribution in [-0.4, -0.2) is 26.3 Å². The van der Waals surface area contributed by atoms with Gasteiger partial charge in [0.2, 0.25) is 5.52 Å². The fraction of sp³-hybridized carbons (Fsp3) is 0. The molecule has 1 aromatic heterocycles. The number of fused-ring (bicyclic) bond motifs is 1. The van der Waals surface area contributed by atoms with Crippen molar-refractivity contribution in [3.63, 3.8) is 0 Å². The van der Waals surface area contributed by atoms with Crippen molar-refractivity contribution in [1.82, 2.24) is 10.3 Å². The first-order chi connectivity index (χ1) is 14.5. The molecule has 0 radical (unpaired) electrons. The second kappa shape index (κ2) is 7.33. The summed E-state index contributed by atoms with van der Waals surface area (Å²) in [6, 6.07) is 14.0. The molecule has 3 aromatic carbocycles. The van der Waals surface area contributed by atoms with Gasteiger partial charge in [-0.2, -0.15) is 0 Å². The van der Waals surface area contributed by atoms with E-state index in [1.165, 1.54) is 24.3 Å². The third kappa shape index (κ3) is 3.27. The lowest BCUT2D eigenvalue weighted by atomic mass is 10.00. The zero-order valence-electron chi connectivity index (χ0n) is 15.1. The average molecular weight is 401 g/mol. The molecule has 0 saturated heterocycles. The maximum Gasteiger partial charge on any atom is 0.335 e. The van der Waals surface area contributed by atoms with Crippen LogP contribution in [0.4, 0.5) is 22.7 Å². The van der Waals surface area contributed by atoms with E-state index in [-0.39, 0.29) is 22.3 Å². The third-order valence-corrected chi connectivity index (χ3v) is 4.43. The minimum Gasteiger partial charge on any atom is -0.478 e. The van der Waals surface area contributed by atoms with E-state index in [2.05, 4.69) is 25.1 Å². The standard InChI is InChI=1S/C20H11N5O5/c1-21-13-5-2-11(3-6-13)14-10-12(20(26)27)4-7-15(14)22-16-8-9-17(25(28)29)19-18(16)23-30-24-19/h2-10,22H,(H,26,27). The van der Waals surface area contributed by atoms with Gasteiger partial charge in [0.25, 0.3) is 0 Å². The van der Waals surface area contributed by atoms with Crippen molar-refractivity contribution >= 4 is 39.8 Å². The molecule has 4 rings (SSSR count). The van der Waals surface area contributed by atoms with E-state index in [4.69, 9.17) is 6.57 Å². The number of benzene rings is 3. The van der Waals surface area contributed by atoms with E-state index < -0.39 is 10.9 Å². The molecule has 0 unspecified atom stereocenters. The monoisotopic (exact) mass is 401 g/mol. The van der Waals surface area contributed by atoms with Crippen LogP contribution >= 0.6 is 0 Å². The van der Waals surface area contributed by atoms with Crippen LogP contribution in [0, 0.1) is 16.7 Å². The highest BCUT2D eigenvalue weighted by Gasteiger charge is 2.20. The summed E-state index contributed by atoms with van der Waals surface area (Å²) in [5.74, 6) is -1.08. The van der Waals surface area contributed by atoms with Gasteiger partial charge < -0.3 is 10.4 Å². The maximum absolute atomic E-state index is 11.4. The molecule has 0 spiro atoms. The number of nitro benzene ring substituents is 1. The molecule has 0 atom stereocenters. The van der Waals surface area contributed by atoms with Gasteiger partial charge in [-0.15, -0.1) is 0 Å². The quantitative estimate of drug-likeness (QED) is 0.277. The minimum absolute atomic E-state index is 0.00452. The summed E-state index contributed by atoms with van der Waals surface area (Å²) < 4.78 is 4.67. The lowest BCUT2D eigenvalue weighted by Crippen LogP contribution is -2.00. The highest BCUT2D eigenvalue weighted by Crippen LogP contribution is 2.36. The van der Waals surface area contributed by atoms with Crippen molar-refractivity contribution < 1.29 is 19.5 Å². The van der Waals surface area contributed by atoms with Gasteiger partial charge in [0.1, 0.15) is 0 Å². The molecule has 4 aromatic rings. The summed E-state index contributed by atoms with van der Waals surface area (Å²) in [6.45, 7) is 7.07. The normalized spacial score (nSPS) is 10.5. The van der Waals surface area contributed by atoms with Crippen molar-refractivity contribution in [1.29, 1.82) is 0 Å². The largest absolute Gasteiger partial charge is 0.478 e. The van der Waals surface area contributed by atoms with Crippen molar-refractivity contribution in [2.24, 2.45) is 0 Å². The highest BCUT2D eigenvalue weighted by molar-refractivity contribution is 5.97. The summed E-state index contributed by atoms with van der Waals surface area (Å²) in [5, 5.41) is 31.0. The predicted molar refractivity (Wildman–Crippen MR) is 107 cm³/mol. The van der Waals surface area contributed by atoms with E-state index in [1.807, 2.05) is 0 Å². The van der Waals surface area contributed by atoms with Crippen LogP contribution in [0.2, 0.25) is 0 Å². The number of carboxylic acid groups (broad SMARTS) is 1. The zero-order valence-corrected chi connectivity index (χ0v) is 15.1. The topological polar surface area (TPSA) is 136 Å².